The molecule has 1 aliphatic heterocycles. The molecule has 1 saturated heterocycles. The zero-order valence-corrected chi connectivity index (χ0v) is 20.6. The maximum Gasteiger partial charge on any atom is 0.331 e. The van der Waals surface area contributed by atoms with E-state index in [1.54, 1.807) is 18.0 Å². The summed E-state index contributed by atoms with van der Waals surface area (Å²) in [5.74, 6) is -1.26. The molecule has 1 fully saturated rings. The summed E-state index contributed by atoms with van der Waals surface area (Å²) in [6.07, 6.45) is 5.28. The van der Waals surface area contributed by atoms with Gasteiger partial charge in [0, 0.05) is 18.7 Å². The molecule has 0 aromatic heterocycles. The van der Waals surface area contributed by atoms with Gasteiger partial charge in [-0.25, -0.2) is 4.79 Å². The molecule has 2 amide bonds. The van der Waals surface area contributed by atoms with Crippen molar-refractivity contribution in [2.24, 2.45) is 11.8 Å². The summed E-state index contributed by atoms with van der Waals surface area (Å²) in [5.41, 5.74) is 0.206. The van der Waals surface area contributed by atoms with Crippen molar-refractivity contribution in [3.8, 4) is 0 Å². The Morgan fingerprint density at radius 3 is 2.26 bits per heavy atom. The predicted octanol–water partition coefficient (Wildman–Crippen LogP) is 3.29. The van der Waals surface area contributed by atoms with E-state index in [1.807, 2.05) is 27.7 Å². The van der Waals surface area contributed by atoms with Crippen molar-refractivity contribution in [1.29, 1.82) is 0 Å². The van der Waals surface area contributed by atoms with E-state index in [-0.39, 0.29) is 47.3 Å². The minimum absolute atomic E-state index is 0.0336. The Morgan fingerprint density at radius 2 is 1.77 bits per heavy atom. The van der Waals surface area contributed by atoms with Gasteiger partial charge >= 0.3 is 5.97 Å². The molecule has 7 heteroatoms. The number of rotatable bonds is 10. The summed E-state index contributed by atoms with van der Waals surface area (Å²) in [4.78, 5) is 41.8. The van der Waals surface area contributed by atoms with Crippen LogP contribution in [0.3, 0.4) is 0 Å². The van der Waals surface area contributed by atoms with Crippen molar-refractivity contribution in [3.05, 3.63) is 11.6 Å². The van der Waals surface area contributed by atoms with E-state index in [4.69, 9.17) is 0 Å². The fourth-order valence-electron chi connectivity index (χ4n) is 4.23. The number of likely N-dealkylation sites (tertiary alicyclic amines) is 1. The van der Waals surface area contributed by atoms with Crippen LogP contribution in [0, 0.1) is 11.8 Å². The van der Waals surface area contributed by atoms with E-state index in [0.717, 1.165) is 32.2 Å². The Kier molecular flexibility index (Phi) is 10.7. The lowest BCUT2D eigenvalue weighted by molar-refractivity contribution is -0.140. The maximum absolute atomic E-state index is 13.5. The van der Waals surface area contributed by atoms with Crippen LogP contribution in [0.1, 0.15) is 74.1 Å². The standard InChI is InChI=1S/C24H43N3O4/c1-9-17(6)21(25-22(28)19-12-10-11-13-27(19)16(4)5)23(29)26(8)20(15(2)3)14-18(7)24(30)31/h14-17,19-21H,9-13H2,1-8H3,(H,25,28)(H,30,31)/b18-14+/t17-,19+,20+,21-/m0/s1. The van der Waals surface area contributed by atoms with E-state index in [0.29, 0.717) is 0 Å². The first-order valence-corrected chi connectivity index (χ1v) is 11.7. The average Bonchev–Trinajstić information content (AvgIpc) is 2.73. The van der Waals surface area contributed by atoms with E-state index in [9.17, 15) is 19.5 Å². The van der Waals surface area contributed by atoms with Crippen LogP contribution >= 0.6 is 0 Å². The summed E-state index contributed by atoms with van der Waals surface area (Å²) in [6.45, 7) is 14.5. The summed E-state index contributed by atoms with van der Waals surface area (Å²) in [5, 5.41) is 12.3. The number of nitrogens with one attached hydrogen (secondary N) is 1. The smallest absolute Gasteiger partial charge is 0.331 e. The molecule has 1 aliphatic rings. The number of carboxylic acid groups (broad SMARTS) is 1. The summed E-state index contributed by atoms with van der Waals surface area (Å²) in [7, 11) is 1.70. The average molecular weight is 438 g/mol. The van der Waals surface area contributed by atoms with Crippen molar-refractivity contribution in [3.63, 3.8) is 0 Å². The number of piperidine rings is 1. The van der Waals surface area contributed by atoms with Crippen LogP contribution < -0.4 is 5.32 Å². The molecule has 7 nitrogen and oxygen atoms in total. The largest absolute Gasteiger partial charge is 0.478 e. The molecule has 0 aromatic rings. The van der Waals surface area contributed by atoms with Gasteiger partial charge in [0.2, 0.25) is 11.8 Å². The monoisotopic (exact) mass is 437 g/mol. The molecule has 178 valence electrons. The van der Waals surface area contributed by atoms with Crippen LogP contribution in [-0.4, -0.2) is 70.4 Å². The number of hydrogen-bond donors (Lipinski definition) is 2. The zero-order chi connectivity index (χ0) is 23.9. The van der Waals surface area contributed by atoms with Gasteiger partial charge in [0.15, 0.2) is 0 Å². The second kappa shape index (κ2) is 12.2. The highest BCUT2D eigenvalue weighted by Gasteiger charge is 2.36. The van der Waals surface area contributed by atoms with Gasteiger partial charge < -0.3 is 15.3 Å². The van der Waals surface area contributed by atoms with Gasteiger partial charge in [-0.1, -0.05) is 46.6 Å². The zero-order valence-electron chi connectivity index (χ0n) is 20.6. The van der Waals surface area contributed by atoms with Crippen LogP contribution in [0.15, 0.2) is 11.6 Å². The summed E-state index contributed by atoms with van der Waals surface area (Å²) < 4.78 is 0. The van der Waals surface area contributed by atoms with Crippen molar-refractivity contribution >= 4 is 17.8 Å². The van der Waals surface area contributed by atoms with Crippen LogP contribution in [0.2, 0.25) is 0 Å². The maximum atomic E-state index is 13.5. The number of carbonyl (C=O) groups excluding carboxylic acids is 2. The molecule has 0 radical (unpaired) electrons. The summed E-state index contributed by atoms with van der Waals surface area (Å²) >= 11 is 0. The van der Waals surface area contributed by atoms with E-state index in [1.165, 1.54) is 6.92 Å². The van der Waals surface area contributed by atoms with Gasteiger partial charge in [-0.3, -0.25) is 14.5 Å². The second-order valence-electron chi connectivity index (χ2n) is 9.55. The molecule has 1 rings (SSSR count). The van der Waals surface area contributed by atoms with Crippen LogP contribution in [0.4, 0.5) is 0 Å². The highest BCUT2D eigenvalue weighted by Crippen LogP contribution is 2.22. The van der Waals surface area contributed by atoms with Crippen molar-refractivity contribution < 1.29 is 19.5 Å². The number of carboxylic acids is 1. The van der Waals surface area contributed by atoms with Gasteiger partial charge in [0.25, 0.3) is 0 Å². The molecule has 0 spiro atoms. The molecule has 0 unspecified atom stereocenters. The number of carbonyl (C=O) groups is 3. The molecular formula is C24H43N3O4. The number of hydrogen-bond acceptors (Lipinski definition) is 4. The van der Waals surface area contributed by atoms with Gasteiger partial charge in [-0.05, 0) is 52.0 Å². The fraction of sp³-hybridized carbons (Fsp3) is 0.792. The van der Waals surface area contributed by atoms with Crippen LogP contribution in [0.25, 0.3) is 0 Å². The lowest BCUT2D eigenvalue weighted by Crippen LogP contribution is -2.59. The number of amides is 2. The highest BCUT2D eigenvalue weighted by molar-refractivity contribution is 5.90. The Bertz CT molecular complexity index is 659. The Labute approximate surface area is 188 Å². The Hall–Kier alpha value is -1.89. The lowest BCUT2D eigenvalue weighted by Gasteiger charge is -2.39. The lowest BCUT2D eigenvalue weighted by atomic mass is 9.93. The van der Waals surface area contributed by atoms with Gasteiger partial charge in [0.05, 0.1) is 12.1 Å². The third-order valence-corrected chi connectivity index (χ3v) is 6.52. The van der Waals surface area contributed by atoms with Crippen molar-refractivity contribution in [1.82, 2.24) is 15.1 Å². The quantitative estimate of drug-likeness (QED) is 0.512. The second-order valence-corrected chi connectivity index (χ2v) is 9.55. The third-order valence-electron chi connectivity index (χ3n) is 6.52. The minimum atomic E-state index is -0.996. The molecule has 31 heavy (non-hydrogen) atoms. The SMILES string of the molecule is CC[C@H](C)[C@H](NC(=O)[C@H]1CCCCN1C(C)C)C(=O)N(C)[C@H](/C=C(\C)C(=O)O)C(C)C. The first-order chi connectivity index (χ1) is 14.4. The van der Waals surface area contributed by atoms with Crippen LogP contribution in [0.5, 0.6) is 0 Å². The first-order valence-electron chi connectivity index (χ1n) is 11.7. The van der Waals surface area contributed by atoms with Crippen molar-refractivity contribution in [2.75, 3.05) is 13.6 Å². The van der Waals surface area contributed by atoms with Crippen LogP contribution in [-0.2, 0) is 14.4 Å². The van der Waals surface area contributed by atoms with E-state index >= 15 is 0 Å². The van der Waals surface area contributed by atoms with Crippen molar-refractivity contribution in [2.45, 2.75) is 98.3 Å². The molecule has 0 aromatic carbocycles. The van der Waals surface area contributed by atoms with E-state index < -0.39 is 12.0 Å². The number of nitrogens with zero attached hydrogens (tertiary/aromatic N) is 2. The molecule has 1 heterocycles. The topological polar surface area (TPSA) is 90.0 Å². The van der Waals surface area contributed by atoms with Gasteiger partial charge in [-0.2, -0.15) is 0 Å². The molecule has 0 aliphatic carbocycles. The van der Waals surface area contributed by atoms with E-state index in [2.05, 4.69) is 24.1 Å². The molecule has 0 saturated carbocycles. The normalized spacial score (nSPS) is 21.0. The van der Waals surface area contributed by atoms with Gasteiger partial charge in [-0.15, -0.1) is 0 Å². The Balaban J connectivity index is 3.11. The molecule has 4 atom stereocenters. The number of aliphatic carboxylic acids is 1. The molecule has 0 bridgehead atoms. The van der Waals surface area contributed by atoms with Gasteiger partial charge in [0.1, 0.15) is 6.04 Å². The minimum Gasteiger partial charge on any atom is -0.478 e. The summed E-state index contributed by atoms with van der Waals surface area (Å²) in [6, 6.07) is -0.952. The molecular weight excluding hydrogens is 394 g/mol. The highest BCUT2D eigenvalue weighted by atomic mass is 16.4. The Morgan fingerprint density at radius 1 is 1.16 bits per heavy atom. The first kappa shape index (κ1) is 27.1. The molecule has 2 N–H and O–H groups in total. The fourth-order valence-corrected chi connectivity index (χ4v) is 4.23. The third kappa shape index (κ3) is 7.34. The predicted molar refractivity (Wildman–Crippen MR) is 124 cm³/mol. The number of likely N-dealkylation sites (N-methyl/N-ethyl adjacent to an activating group) is 1.